The molecule has 126 valence electrons. The summed E-state index contributed by atoms with van der Waals surface area (Å²) in [4.78, 5) is 15.6. The Morgan fingerprint density at radius 2 is 2.13 bits per heavy atom. The molecule has 7 heteroatoms. The van der Waals surface area contributed by atoms with E-state index >= 15 is 0 Å². The Bertz CT molecular complexity index is 628. The first-order valence-corrected chi connectivity index (χ1v) is 7.68. The lowest BCUT2D eigenvalue weighted by Crippen LogP contribution is -2.67. The molecule has 1 fully saturated rings. The third kappa shape index (κ3) is 3.01. The highest BCUT2D eigenvalue weighted by atomic mass is 16.6. The predicted octanol–water partition coefficient (Wildman–Crippen LogP) is 1.41. The van der Waals surface area contributed by atoms with Crippen LogP contribution in [0, 0.1) is 0 Å². The van der Waals surface area contributed by atoms with Gasteiger partial charge in [0.2, 0.25) is 0 Å². The number of anilines is 2. The third-order valence-electron chi connectivity index (χ3n) is 3.93. The molecule has 0 unspecified atom stereocenters. The number of hydrogen-bond donors (Lipinski definition) is 2. The number of β-amino-alcohol motifs (C(OH)–C–C–N with tert-alkyl or cyclic N) is 1. The van der Waals surface area contributed by atoms with Crippen LogP contribution in [0.5, 0.6) is 5.75 Å². The van der Waals surface area contributed by atoms with Gasteiger partial charge in [-0.2, -0.15) is 0 Å². The number of carbonyl (C=O) groups is 1. The van der Waals surface area contributed by atoms with Crippen LogP contribution in [0.2, 0.25) is 0 Å². The van der Waals surface area contributed by atoms with E-state index in [9.17, 15) is 9.90 Å². The molecule has 2 heterocycles. The molecule has 3 rings (SSSR count). The quantitative estimate of drug-likeness (QED) is 0.702. The Balaban J connectivity index is 1.79. The Kier molecular flexibility index (Phi) is 3.55. The molecule has 2 aliphatic rings. The maximum Gasteiger partial charge on any atom is 0.410 e. The Labute approximate surface area is 135 Å². The van der Waals surface area contributed by atoms with Gasteiger partial charge in [-0.1, -0.05) is 0 Å². The van der Waals surface area contributed by atoms with Gasteiger partial charge < -0.3 is 30.1 Å². The number of fused-ring (bicyclic) bond motifs is 3. The molecule has 1 saturated heterocycles. The van der Waals surface area contributed by atoms with Crippen molar-refractivity contribution < 1.29 is 19.4 Å². The van der Waals surface area contributed by atoms with Gasteiger partial charge in [0.25, 0.3) is 0 Å². The second-order valence-corrected chi connectivity index (χ2v) is 7.05. The lowest BCUT2D eigenvalue weighted by Gasteiger charge is -2.50. The summed E-state index contributed by atoms with van der Waals surface area (Å²) in [5.41, 5.74) is 5.34. The van der Waals surface area contributed by atoms with Crippen LogP contribution in [0.1, 0.15) is 20.8 Å². The number of amides is 1. The molecule has 1 amide bonds. The van der Waals surface area contributed by atoms with Crippen LogP contribution in [-0.4, -0.2) is 53.7 Å². The largest absolute Gasteiger partial charge is 0.486 e. The molecule has 1 aromatic rings. The fraction of sp³-hybridized carbons (Fsp3) is 0.562. The van der Waals surface area contributed by atoms with Crippen molar-refractivity contribution in [3.63, 3.8) is 0 Å². The number of piperazine rings is 1. The van der Waals surface area contributed by atoms with E-state index < -0.39 is 17.4 Å². The SMILES string of the molecule is CC(C)(C)OC(=O)N1CCN2c3ccc(N)cc3OC[C@@]2(O)C1. The summed E-state index contributed by atoms with van der Waals surface area (Å²) in [7, 11) is 0. The molecule has 23 heavy (non-hydrogen) atoms. The minimum absolute atomic E-state index is 0.0722. The average molecular weight is 321 g/mol. The Morgan fingerprint density at radius 3 is 2.83 bits per heavy atom. The lowest BCUT2D eigenvalue weighted by molar-refractivity contribution is -0.0643. The van der Waals surface area contributed by atoms with E-state index in [0.29, 0.717) is 24.5 Å². The zero-order chi connectivity index (χ0) is 16.8. The molecular weight excluding hydrogens is 298 g/mol. The number of nitrogen functional groups attached to an aromatic ring is 1. The molecule has 0 bridgehead atoms. The van der Waals surface area contributed by atoms with Gasteiger partial charge in [-0.25, -0.2) is 4.79 Å². The van der Waals surface area contributed by atoms with E-state index in [-0.39, 0.29) is 13.2 Å². The highest BCUT2D eigenvalue weighted by molar-refractivity contribution is 5.71. The summed E-state index contributed by atoms with van der Waals surface area (Å²) in [5.74, 6) is 0.653. The number of hydrogen-bond acceptors (Lipinski definition) is 6. The number of aliphatic hydroxyl groups is 1. The molecular formula is C16H23N3O4. The molecule has 0 aliphatic carbocycles. The summed E-state index contributed by atoms with van der Waals surface area (Å²) < 4.78 is 11.0. The van der Waals surface area contributed by atoms with Gasteiger partial charge >= 0.3 is 6.09 Å². The second kappa shape index (κ2) is 5.19. The molecule has 2 aliphatic heterocycles. The summed E-state index contributed by atoms with van der Waals surface area (Å²) >= 11 is 0. The van der Waals surface area contributed by atoms with Gasteiger partial charge in [0, 0.05) is 24.8 Å². The molecule has 0 radical (unpaired) electrons. The molecule has 7 nitrogen and oxygen atoms in total. The van der Waals surface area contributed by atoms with Crippen LogP contribution in [-0.2, 0) is 4.74 Å². The number of nitrogens with zero attached hydrogens (tertiary/aromatic N) is 2. The van der Waals surface area contributed by atoms with Crippen molar-refractivity contribution in [2.75, 3.05) is 36.9 Å². The number of nitrogens with two attached hydrogens (primary N) is 1. The van der Waals surface area contributed by atoms with Crippen LogP contribution >= 0.6 is 0 Å². The fourth-order valence-corrected chi connectivity index (χ4v) is 2.91. The van der Waals surface area contributed by atoms with E-state index in [1.807, 2.05) is 31.7 Å². The molecule has 0 aromatic heterocycles. The van der Waals surface area contributed by atoms with E-state index in [1.54, 1.807) is 12.1 Å². The van der Waals surface area contributed by atoms with E-state index in [4.69, 9.17) is 15.2 Å². The summed E-state index contributed by atoms with van der Waals surface area (Å²) in [5, 5.41) is 10.9. The van der Waals surface area contributed by atoms with Crippen molar-refractivity contribution in [1.82, 2.24) is 4.90 Å². The van der Waals surface area contributed by atoms with Gasteiger partial charge in [0.1, 0.15) is 18.0 Å². The van der Waals surface area contributed by atoms with E-state index in [2.05, 4.69) is 0 Å². The van der Waals surface area contributed by atoms with Gasteiger partial charge in [0.05, 0.1) is 12.2 Å². The highest BCUT2D eigenvalue weighted by Crippen LogP contribution is 2.40. The second-order valence-electron chi connectivity index (χ2n) is 7.05. The van der Waals surface area contributed by atoms with Gasteiger partial charge in [-0.15, -0.1) is 0 Å². The summed E-state index contributed by atoms with van der Waals surface area (Å²) in [6, 6.07) is 5.35. The third-order valence-corrected chi connectivity index (χ3v) is 3.93. The normalized spacial score (nSPS) is 23.7. The van der Waals surface area contributed by atoms with E-state index in [0.717, 1.165) is 5.69 Å². The number of rotatable bonds is 0. The summed E-state index contributed by atoms with van der Waals surface area (Å²) in [6.07, 6.45) is -0.423. The van der Waals surface area contributed by atoms with Crippen molar-refractivity contribution in [2.45, 2.75) is 32.1 Å². The number of ether oxygens (including phenoxy) is 2. The van der Waals surface area contributed by atoms with Crippen LogP contribution in [0.25, 0.3) is 0 Å². The maximum absolute atomic E-state index is 12.2. The first kappa shape index (κ1) is 15.7. The molecule has 3 N–H and O–H groups in total. The smallest absolute Gasteiger partial charge is 0.410 e. The van der Waals surface area contributed by atoms with Crippen LogP contribution in [0.15, 0.2) is 18.2 Å². The number of benzene rings is 1. The average Bonchev–Trinajstić information content (AvgIpc) is 2.44. The molecule has 1 atom stereocenters. The van der Waals surface area contributed by atoms with Crippen molar-refractivity contribution in [2.24, 2.45) is 0 Å². The first-order valence-electron chi connectivity index (χ1n) is 7.68. The van der Waals surface area contributed by atoms with Crippen LogP contribution < -0.4 is 15.4 Å². The topological polar surface area (TPSA) is 88.3 Å². The predicted molar refractivity (Wildman–Crippen MR) is 86.5 cm³/mol. The van der Waals surface area contributed by atoms with E-state index in [1.165, 1.54) is 4.90 Å². The van der Waals surface area contributed by atoms with Crippen molar-refractivity contribution in [3.8, 4) is 5.75 Å². The zero-order valence-electron chi connectivity index (χ0n) is 13.7. The van der Waals surface area contributed by atoms with Crippen molar-refractivity contribution >= 4 is 17.5 Å². The van der Waals surface area contributed by atoms with Gasteiger partial charge in [0.15, 0.2) is 5.72 Å². The monoisotopic (exact) mass is 321 g/mol. The number of carbonyl (C=O) groups excluding carboxylic acids is 1. The summed E-state index contributed by atoms with van der Waals surface area (Å²) in [6.45, 7) is 6.63. The minimum atomic E-state index is -1.27. The highest BCUT2D eigenvalue weighted by Gasteiger charge is 2.46. The van der Waals surface area contributed by atoms with Crippen LogP contribution in [0.4, 0.5) is 16.2 Å². The Morgan fingerprint density at radius 1 is 1.39 bits per heavy atom. The van der Waals surface area contributed by atoms with Crippen LogP contribution in [0.3, 0.4) is 0 Å². The van der Waals surface area contributed by atoms with Crippen molar-refractivity contribution in [1.29, 1.82) is 0 Å². The maximum atomic E-state index is 12.2. The first-order chi connectivity index (χ1) is 10.7. The fourth-order valence-electron chi connectivity index (χ4n) is 2.91. The minimum Gasteiger partial charge on any atom is -0.486 e. The lowest BCUT2D eigenvalue weighted by atomic mass is 10.0. The molecule has 1 aromatic carbocycles. The standard InChI is InChI=1S/C16H23N3O4/c1-15(2,3)23-14(20)18-6-7-19-12-5-4-11(17)8-13(12)22-10-16(19,21)9-18/h4-5,8,21H,6-7,9-10,17H2,1-3H3/t16-/m0/s1. The Hall–Kier alpha value is -2.15. The zero-order valence-corrected chi connectivity index (χ0v) is 13.7. The van der Waals surface area contributed by atoms with Gasteiger partial charge in [-0.3, -0.25) is 0 Å². The van der Waals surface area contributed by atoms with Crippen molar-refractivity contribution in [3.05, 3.63) is 18.2 Å². The molecule has 0 spiro atoms. The van der Waals surface area contributed by atoms with Gasteiger partial charge in [-0.05, 0) is 32.9 Å². The molecule has 0 saturated carbocycles.